The number of hydrogen-bond donors (Lipinski definition) is 1. The maximum absolute atomic E-state index is 13.2. The average molecular weight is 285 g/mol. The molecule has 0 heterocycles. The van der Waals surface area contributed by atoms with E-state index in [1.54, 1.807) is 6.07 Å². The lowest BCUT2D eigenvalue weighted by Crippen LogP contribution is -2.41. The van der Waals surface area contributed by atoms with Crippen molar-refractivity contribution in [2.45, 2.75) is 24.3 Å². The first kappa shape index (κ1) is 15.1. The van der Waals surface area contributed by atoms with Gasteiger partial charge in [-0.25, -0.2) is 12.8 Å². The minimum absolute atomic E-state index is 0.0154. The summed E-state index contributed by atoms with van der Waals surface area (Å²) in [5, 5.41) is 17.6. The van der Waals surface area contributed by atoms with E-state index in [2.05, 4.69) is 0 Å². The summed E-state index contributed by atoms with van der Waals surface area (Å²) in [4.78, 5) is 10.9. The normalized spacial score (nSPS) is 11.9. The van der Waals surface area contributed by atoms with Crippen LogP contribution in [0.1, 0.15) is 25.0 Å². The Labute approximate surface area is 110 Å². The zero-order chi connectivity index (χ0) is 14.8. The van der Waals surface area contributed by atoms with Crippen molar-refractivity contribution >= 4 is 15.8 Å². The Hall–Kier alpha value is -1.94. The quantitative estimate of drug-likeness (QED) is 0.904. The highest BCUT2D eigenvalue weighted by Crippen LogP contribution is 2.22. The molecule has 7 heteroatoms. The molecule has 0 fully saturated rings. The smallest absolute Gasteiger partial charge is 0.324 e. The van der Waals surface area contributed by atoms with Gasteiger partial charge in [0.05, 0.1) is 17.4 Å². The molecule has 19 heavy (non-hydrogen) atoms. The van der Waals surface area contributed by atoms with Crippen LogP contribution in [0.5, 0.6) is 0 Å². The second-order valence-electron chi connectivity index (χ2n) is 4.53. The SMILES string of the molecule is CC(C)(C(=O)O)S(=O)(=O)Cc1cc(F)cc(C#N)c1. The summed E-state index contributed by atoms with van der Waals surface area (Å²) < 4.78 is 35.2. The van der Waals surface area contributed by atoms with Crippen molar-refractivity contribution in [3.05, 3.63) is 35.1 Å². The molecule has 0 unspecified atom stereocenters. The summed E-state index contributed by atoms with van der Waals surface area (Å²) in [6.45, 7) is 2.13. The van der Waals surface area contributed by atoms with Crippen LogP contribution >= 0.6 is 0 Å². The van der Waals surface area contributed by atoms with Crippen molar-refractivity contribution in [2.24, 2.45) is 0 Å². The van der Waals surface area contributed by atoms with Crippen LogP contribution in [-0.4, -0.2) is 24.2 Å². The van der Waals surface area contributed by atoms with Crippen LogP contribution in [0.15, 0.2) is 18.2 Å². The number of nitrogens with zero attached hydrogens (tertiary/aromatic N) is 1. The molecule has 0 aliphatic rings. The van der Waals surface area contributed by atoms with Crippen LogP contribution < -0.4 is 0 Å². The number of aliphatic carboxylic acids is 1. The number of sulfone groups is 1. The van der Waals surface area contributed by atoms with Gasteiger partial charge in [0.2, 0.25) is 0 Å². The van der Waals surface area contributed by atoms with Crippen molar-refractivity contribution in [3.8, 4) is 6.07 Å². The Morgan fingerprint density at radius 2 is 2.00 bits per heavy atom. The van der Waals surface area contributed by atoms with Crippen LogP contribution in [0.4, 0.5) is 4.39 Å². The van der Waals surface area contributed by atoms with E-state index in [4.69, 9.17) is 10.4 Å². The Bertz CT molecular complexity index is 659. The fourth-order valence-electron chi connectivity index (χ4n) is 1.33. The van der Waals surface area contributed by atoms with Gasteiger partial charge in [-0.3, -0.25) is 4.79 Å². The van der Waals surface area contributed by atoms with Gasteiger partial charge < -0.3 is 5.11 Å². The fraction of sp³-hybridized carbons (Fsp3) is 0.333. The molecule has 0 spiro atoms. The van der Waals surface area contributed by atoms with Crippen LogP contribution in [-0.2, 0) is 20.4 Å². The molecule has 5 nitrogen and oxygen atoms in total. The molecular formula is C12H12FNO4S. The number of carboxylic acid groups (broad SMARTS) is 1. The second-order valence-corrected chi connectivity index (χ2v) is 7.07. The molecule has 0 radical (unpaired) electrons. The van der Waals surface area contributed by atoms with Gasteiger partial charge in [0.1, 0.15) is 5.82 Å². The van der Waals surface area contributed by atoms with Crippen molar-refractivity contribution in [1.82, 2.24) is 0 Å². The monoisotopic (exact) mass is 285 g/mol. The van der Waals surface area contributed by atoms with E-state index in [9.17, 15) is 17.6 Å². The largest absolute Gasteiger partial charge is 0.480 e. The molecule has 102 valence electrons. The van der Waals surface area contributed by atoms with Crippen LogP contribution in [0.2, 0.25) is 0 Å². The van der Waals surface area contributed by atoms with Crippen LogP contribution in [0, 0.1) is 17.1 Å². The molecule has 1 aromatic rings. The van der Waals surface area contributed by atoms with Crippen LogP contribution in [0.3, 0.4) is 0 Å². The molecule has 0 bridgehead atoms. The standard InChI is InChI=1S/C12H12FNO4S/c1-12(2,11(15)16)19(17,18)7-9-3-8(6-14)4-10(13)5-9/h3-5H,7H2,1-2H3,(H,15,16). The first-order valence-electron chi connectivity index (χ1n) is 5.25. The summed E-state index contributed by atoms with van der Waals surface area (Å²) in [7, 11) is -4.03. The number of nitriles is 1. The predicted octanol–water partition coefficient (Wildman–Crippen LogP) is 1.48. The van der Waals surface area contributed by atoms with Crippen molar-refractivity contribution < 1.29 is 22.7 Å². The summed E-state index contributed by atoms with van der Waals surface area (Å²) in [5.74, 6) is -2.86. The molecule has 1 aromatic carbocycles. The molecule has 0 aliphatic heterocycles. The number of benzene rings is 1. The summed E-state index contributed by atoms with van der Waals surface area (Å²) >= 11 is 0. The van der Waals surface area contributed by atoms with E-state index in [0.717, 1.165) is 26.0 Å². The summed E-state index contributed by atoms with van der Waals surface area (Å²) in [6.07, 6.45) is 0. The molecule has 0 saturated heterocycles. The van der Waals surface area contributed by atoms with Gasteiger partial charge in [0.15, 0.2) is 14.6 Å². The molecule has 1 rings (SSSR count). The number of hydrogen-bond acceptors (Lipinski definition) is 4. The highest BCUT2D eigenvalue weighted by atomic mass is 32.2. The van der Waals surface area contributed by atoms with Crippen molar-refractivity contribution in [2.75, 3.05) is 0 Å². The molecule has 1 N–H and O–H groups in total. The number of halogens is 1. The predicted molar refractivity (Wildman–Crippen MR) is 65.5 cm³/mol. The van der Waals surface area contributed by atoms with E-state index < -0.39 is 32.1 Å². The maximum atomic E-state index is 13.2. The molecule has 0 saturated carbocycles. The van der Waals surface area contributed by atoms with E-state index in [1.807, 2.05) is 0 Å². The molecule has 0 amide bonds. The fourth-order valence-corrected chi connectivity index (χ4v) is 2.56. The average Bonchev–Trinajstić information content (AvgIpc) is 2.26. The van der Waals surface area contributed by atoms with Crippen molar-refractivity contribution in [1.29, 1.82) is 5.26 Å². The Kier molecular flexibility index (Phi) is 3.96. The third kappa shape index (κ3) is 3.09. The lowest BCUT2D eigenvalue weighted by atomic mass is 10.1. The van der Waals surface area contributed by atoms with Gasteiger partial charge in [0.25, 0.3) is 0 Å². The van der Waals surface area contributed by atoms with E-state index in [1.165, 1.54) is 6.07 Å². The third-order valence-electron chi connectivity index (χ3n) is 2.74. The maximum Gasteiger partial charge on any atom is 0.324 e. The summed E-state index contributed by atoms with van der Waals surface area (Å²) in [6, 6.07) is 4.86. The van der Waals surface area contributed by atoms with E-state index >= 15 is 0 Å². The minimum atomic E-state index is -4.03. The van der Waals surface area contributed by atoms with Crippen molar-refractivity contribution in [3.63, 3.8) is 0 Å². The lowest BCUT2D eigenvalue weighted by molar-refractivity contribution is -0.139. The Morgan fingerprint density at radius 1 is 1.42 bits per heavy atom. The molecule has 0 aromatic heterocycles. The highest BCUT2D eigenvalue weighted by Gasteiger charge is 2.41. The zero-order valence-electron chi connectivity index (χ0n) is 10.3. The van der Waals surface area contributed by atoms with Gasteiger partial charge in [-0.15, -0.1) is 0 Å². The van der Waals surface area contributed by atoms with Gasteiger partial charge in [-0.1, -0.05) is 0 Å². The first-order valence-corrected chi connectivity index (χ1v) is 6.90. The Balaban J connectivity index is 3.20. The van der Waals surface area contributed by atoms with Gasteiger partial charge >= 0.3 is 5.97 Å². The Morgan fingerprint density at radius 3 is 2.47 bits per heavy atom. The zero-order valence-corrected chi connectivity index (χ0v) is 11.2. The van der Waals surface area contributed by atoms with Gasteiger partial charge in [0, 0.05) is 0 Å². The van der Waals surface area contributed by atoms with E-state index in [0.29, 0.717) is 0 Å². The molecule has 0 aliphatic carbocycles. The minimum Gasteiger partial charge on any atom is -0.480 e. The van der Waals surface area contributed by atoms with Crippen LogP contribution in [0.25, 0.3) is 0 Å². The topological polar surface area (TPSA) is 95.2 Å². The molecular weight excluding hydrogens is 273 g/mol. The third-order valence-corrected chi connectivity index (χ3v) is 5.18. The number of rotatable bonds is 4. The number of carboxylic acids is 1. The van der Waals surface area contributed by atoms with E-state index in [-0.39, 0.29) is 11.1 Å². The number of carbonyl (C=O) groups is 1. The first-order chi connectivity index (χ1) is 8.60. The second kappa shape index (κ2) is 4.97. The lowest BCUT2D eigenvalue weighted by Gasteiger charge is -2.19. The molecule has 0 atom stereocenters. The van der Waals surface area contributed by atoms with Gasteiger partial charge in [-0.05, 0) is 37.6 Å². The van der Waals surface area contributed by atoms with Gasteiger partial charge in [-0.2, -0.15) is 5.26 Å². The summed E-state index contributed by atoms with van der Waals surface area (Å²) in [5.41, 5.74) is 0.0317. The highest BCUT2D eigenvalue weighted by molar-refractivity contribution is 7.92.